The van der Waals surface area contributed by atoms with E-state index in [0.29, 0.717) is 24.3 Å². The van der Waals surface area contributed by atoms with Crippen LogP contribution >= 0.6 is 11.3 Å². The second kappa shape index (κ2) is 6.93. The van der Waals surface area contributed by atoms with Crippen LogP contribution in [0.25, 0.3) is 0 Å². The summed E-state index contributed by atoms with van der Waals surface area (Å²) in [5.74, 6) is 0. The highest BCUT2D eigenvalue weighted by Crippen LogP contribution is 2.29. The molecule has 1 fully saturated rings. The number of alkyl halides is 3. The van der Waals surface area contributed by atoms with Gasteiger partial charge in [0.25, 0.3) is 0 Å². The first-order valence-electron chi connectivity index (χ1n) is 6.88. The molecular formula is C13H20F3N3OS. The zero-order chi connectivity index (χ0) is 15.5. The number of ether oxygens (including phenoxy) is 1. The molecule has 0 aliphatic heterocycles. The number of methoxy groups -OCH3 is 1. The Labute approximate surface area is 126 Å². The number of nitrogens with one attached hydrogen (secondary N) is 1. The molecule has 1 aliphatic carbocycles. The molecule has 1 saturated carbocycles. The van der Waals surface area contributed by atoms with E-state index >= 15 is 0 Å². The van der Waals surface area contributed by atoms with Crippen LogP contribution in [0, 0.1) is 0 Å². The molecule has 4 nitrogen and oxygen atoms in total. The molecule has 1 aromatic heterocycles. The predicted molar refractivity (Wildman–Crippen MR) is 76.6 cm³/mol. The minimum absolute atomic E-state index is 0.0844. The fourth-order valence-electron chi connectivity index (χ4n) is 1.84. The minimum atomic E-state index is -4.14. The first-order valence-corrected chi connectivity index (χ1v) is 7.69. The maximum absolute atomic E-state index is 12.3. The van der Waals surface area contributed by atoms with Gasteiger partial charge in [0.1, 0.15) is 0 Å². The Bertz CT molecular complexity index is 460. The van der Waals surface area contributed by atoms with Crippen LogP contribution in [0.1, 0.15) is 29.8 Å². The van der Waals surface area contributed by atoms with Gasteiger partial charge in [0.15, 0.2) is 5.13 Å². The summed E-state index contributed by atoms with van der Waals surface area (Å²) in [5.41, 5.74) is 0.810. The van der Waals surface area contributed by atoms with Crippen LogP contribution in [0.5, 0.6) is 0 Å². The van der Waals surface area contributed by atoms with Crippen molar-refractivity contribution in [1.82, 2.24) is 10.3 Å². The molecule has 2 rings (SSSR count). The molecule has 0 saturated heterocycles. The predicted octanol–water partition coefficient (Wildman–Crippen LogP) is 2.93. The third-order valence-electron chi connectivity index (χ3n) is 3.23. The van der Waals surface area contributed by atoms with Crippen molar-refractivity contribution in [2.24, 2.45) is 0 Å². The Morgan fingerprint density at radius 2 is 2.14 bits per heavy atom. The summed E-state index contributed by atoms with van der Waals surface area (Å²) in [6, 6.07) is 0.578. The van der Waals surface area contributed by atoms with Crippen LogP contribution in [0.4, 0.5) is 18.3 Å². The summed E-state index contributed by atoms with van der Waals surface area (Å²) in [6.45, 7) is 0.998. The standard InChI is InChI=1S/C13H20F3N3OS/c1-19(6-5-13(14,15)16)12-18-10(8-20-2)11(21-12)7-17-9-3-4-9/h9,17H,3-8H2,1-2H3. The Morgan fingerprint density at radius 1 is 1.43 bits per heavy atom. The molecule has 120 valence electrons. The van der Waals surface area contributed by atoms with Gasteiger partial charge in [0.2, 0.25) is 0 Å². The molecule has 0 bridgehead atoms. The van der Waals surface area contributed by atoms with E-state index in [0.717, 1.165) is 10.6 Å². The van der Waals surface area contributed by atoms with Gasteiger partial charge >= 0.3 is 6.18 Å². The maximum atomic E-state index is 12.3. The van der Waals surface area contributed by atoms with Crippen LogP contribution in [-0.2, 0) is 17.9 Å². The number of hydrogen-bond acceptors (Lipinski definition) is 5. The Hall–Kier alpha value is -0.860. The Morgan fingerprint density at radius 3 is 2.71 bits per heavy atom. The van der Waals surface area contributed by atoms with Gasteiger partial charge in [-0.25, -0.2) is 4.98 Å². The van der Waals surface area contributed by atoms with E-state index in [1.807, 2.05) is 0 Å². The number of halogens is 3. The van der Waals surface area contributed by atoms with Crippen molar-refractivity contribution >= 4 is 16.5 Å². The van der Waals surface area contributed by atoms with Crippen molar-refractivity contribution in [3.63, 3.8) is 0 Å². The third kappa shape index (κ3) is 5.44. The van der Waals surface area contributed by atoms with E-state index in [1.54, 1.807) is 19.1 Å². The quantitative estimate of drug-likeness (QED) is 0.798. The van der Waals surface area contributed by atoms with E-state index in [1.165, 1.54) is 24.2 Å². The fraction of sp³-hybridized carbons (Fsp3) is 0.769. The molecule has 0 amide bonds. The molecule has 0 atom stereocenters. The van der Waals surface area contributed by atoms with E-state index in [-0.39, 0.29) is 6.54 Å². The summed E-state index contributed by atoms with van der Waals surface area (Å²) in [5, 5.41) is 4.01. The number of nitrogens with zero attached hydrogens (tertiary/aromatic N) is 2. The van der Waals surface area contributed by atoms with Crippen LogP contribution < -0.4 is 10.2 Å². The zero-order valence-electron chi connectivity index (χ0n) is 12.2. The van der Waals surface area contributed by atoms with Gasteiger partial charge in [-0.1, -0.05) is 0 Å². The first kappa shape index (κ1) is 16.5. The molecule has 8 heteroatoms. The van der Waals surface area contributed by atoms with Crippen LogP contribution in [0.15, 0.2) is 0 Å². The van der Waals surface area contributed by atoms with Crippen molar-refractivity contribution in [3.05, 3.63) is 10.6 Å². The smallest absolute Gasteiger partial charge is 0.378 e. The van der Waals surface area contributed by atoms with Gasteiger partial charge in [-0.2, -0.15) is 13.2 Å². The lowest BCUT2D eigenvalue weighted by atomic mass is 10.3. The highest BCUT2D eigenvalue weighted by atomic mass is 32.1. The highest BCUT2D eigenvalue weighted by Gasteiger charge is 2.28. The molecule has 1 aliphatic rings. The second-order valence-corrected chi connectivity index (χ2v) is 6.30. The minimum Gasteiger partial charge on any atom is -0.378 e. The van der Waals surface area contributed by atoms with Crippen molar-refractivity contribution in [3.8, 4) is 0 Å². The van der Waals surface area contributed by atoms with Gasteiger partial charge in [-0.05, 0) is 12.8 Å². The van der Waals surface area contributed by atoms with Gasteiger partial charge in [0, 0.05) is 38.2 Å². The van der Waals surface area contributed by atoms with Gasteiger partial charge in [-0.15, -0.1) is 11.3 Å². The molecular weight excluding hydrogens is 303 g/mol. The summed E-state index contributed by atoms with van der Waals surface area (Å²) in [6.07, 6.45) is -2.59. The SMILES string of the molecule is COCc1nc(N(C)CCC(F)(F)F)sc1CNC1CC1. The van der Waals surface area contributed by atoms with Crippen molar-refractivity contribution < 1.29 is 17.9 Å². The van der Waals surface area contributed by atoms with Crippen LogP contribution in [0.3, 0.4) is 0 Å². The Kier molecular flexibility index (Phi) is 5.45. The zero-order valence-corrected chi connectivity index (χ0v) is 13.0. The largest absolute Gasteiger partial charge is 0.390 e. The molecule has 0 radical (unpaired) electrons. The van der Waals surface area contributed by atoms with Gasteiger partial charge in [-0.3, -0.25) is 0 Å². The number of anilines is 1. The summed E-state index contributed by atoms with van der Waals surface area (Å²) in [4.78, 5) is 7.00. The molecule has 0 aromatic carbocycles. The van der Waals surface area contributed by atoms with Gasteiger partial charge < -0.3 is 15.0 Å². The molecule has 21 heavy (non-hydrogen) atoms. The second-order valence-electron chi connectivity index (χ2n) is 5.24. The maximum Gasteiger partial charge on any atom is 0.390 e. The summed E-state index contributed by atoms with van der Waals surface area (Å²) < 4.78 is 42.0. The normalized spacial score (nSPS) is 15.5. The number of thiazole rings is 1. The third-order valence-corrected chi connectivity index (χ3v) is 4.45. The van der Waals surface area contributed by atoms with Gasteiger partial charge in [0.05, 0.1) is 18.7 Å². The number of hydrogen-bond donors (Lipinski definition) is 1. The van der Waals surface area contributed by atoms with Crippen molar-refractivity contribution in [1.29, 1.82) is 0 Å². The topological polar surface area (TPSA) is 37.4 Å². The summed E-state index contributed by atoms with van der Waals surface area (Å²) >= 11 is 1.43. The molecule has 1 heterocycles. The lowest BCUT2D eigenvalue weighted by molar-refractivity contribution is -0.132. The number of aromatic nitrogens is 1. The Balaban J connectivity index is 1.98. The molecule has 0 unspecified atom stereocenters. The van der Waals surface area contributed by atoms with Crippen molar-refractivity contribution in [2.75, 3.05) is 25.6 Å². The monoisotopic (exact) mass is 323 g/mol. The van der Waals surface area contributed by atoms with E-state index in [2.05, 4.69) is 10.3 Å². The van der Waals surface area contributed by atoms with E-state index < -0.39 is 12.6 Å². The molecule has 1 aromatic rings. The highest BCUT2D eigenvalue weighted by molar-refractivity contribution is 7.15. The van der Waals surface area contributed by atoms with E-state index in [9.17, 15) is 13.2 Å². The van der Waals surface area contributed by atoms with Crippen LogP contribution in [0.2, 0.25) is 0 Å². The van der Waals surface area contributed by atoms with Crippen LogP contribution in [-0.4, -0.2) is 37.9 Å². The average molecular weight is 323 g/mol. The average Bonchev–Trinajstić information content (AvgIpc) is 3.15. The molecule has 1 N–H and O–H groups in total. The lowest BCUT2D eigenvalue weighted by Crippen LogP contribution is -2.23. The fourth-order valence-corrected chi connectivity index (χ4v) is 2.84. The number of rotatable bonds is 8. The first-order chi connectivity index (χ1) is 9.89. The van der Waals surface area contributed by atoms with Crippen molar-refractivity contribution in [2.45, 2.75) is 44.6 Å². The molecule has 0 spiro atoms. The van der Waals surface area contributed by atoms with E-state index in [4.69, 9.17) is 4.74 Å². The lowest BCUT2D eigenvalue weighted by Gasteiger charge is -2.16. The summed E-state index contributed by atoms with van der Waals surface area (Å²) in [7, 11) is 3.23.